The Hall–Kier alpha value is -3.79. The maximum absolute atomic E-state index is 11.6. The highest BCUT2D eigenvalue weighted by molar-refractivity contribution is 5.92. The molecule has 0 aliphatic heterocycles. The number of fused-ring (bicyclic) bond motifs is 1. The molecule has 4 aromatic rings. The number of nitrogens with one attached hydrogen (secondary N) is 1. The van der Waals surface area contributed by atoms with Crippen molar-refractivity contribution in [1.29, 1.82) is 0 Å². The molecule has 0 unspecified atom stereocenters. The van der Waals surface area contributed by atoms with Crippen molar-refractivity contribution in [2.45, 2.75) is 6.61 Å². The second-order valence-corrected chi connectivity index (χ2v) is 6.43. The fraction of sp³-hybridized carbons (Fsp3) is 0.0417. The number of aromatic carboxylic acids is 1. The quantitative estimate of drug-likeness (QED) is 0.447. The highest BCUT2D eigenvalue weighted by Gasteiger charge is 2.13. The summed E-state index contributed by atoms with van der Waals surface area (Å²) in [6.45, 7) is 0.288. The van der Waals surface area contributed by atoms with E-state index in [1.807, 2.05) is 72.8 Å². The summed E-state index contributed by atoms with van der Waals surface area (Å²) in [5.41, 5.74) is 2.84. The van der Waals surface area contributed by atoms with Crippen molar-refractivity contribution in [3.63, 3.8) is 0 Å². The third-order valence-electron chi connectivity index (χ3n) is 4.54. The van der Waals surface area contributed by atoms with Gasteiger partial charge in [0.1, 0.15) is 17.9 Å². The zero-order chi connectivity index (χ0) is 19.3. The molecule has 0 saturated heterocycles. The molecule has 0 amide bonds. The smallest absolute Gasteiger partial charge is 0.339 e. The molecule has 4 aromatic carbocycles. The van der Waals surface area contributed by atoms with E-state index in [0.29, 0.717) is 5.75 Å². The molecule has 28 heavy (non-hydrogen) atoms. The maximum atomic E-state index is 11.6. The van der Waals surface area contributed by atoms with Crippen LogP contribution in [-0.4, -0.2) is 11.1 Å². The third kappa shape index (κ3) is 3.81. The first-order chi connectivity index (χ1) is 13.7. The summed E-state index contributed by atoms with van der Waals surface area (Å²) in [4.78, 5) is 11.6. The lowest BCUT2D eigenvalue weighted by atomic mass is 10.1. The zero-order valence-electron chi connectivity index (χ0n) is 15.1. The van der Waals surface area contributed by atoms with Gasteiger partial charge in [0.25, 0.3) is 0 Å². The number of carboxylic acid groups (broad SMARTS) is 1. The molecule has 4 heteroatoms. The van der Waals surface area contributed by atoms with Crippen LogP contribution in [0.15, 0.2) is 91.0 Å². The molecule has 0 spiro atoms. The van der Waals surface area contributed by atoms with E-state index < -0.39 is 5.97 Å². The van der Waals surface area contributed by atoms with Gasteiger partial charge in [0.2, 0.25) is 0 Å². The Bertz CT molecular complexity index is 1120. The summed E-state index contributed by atoms with van der Waals surface area (Å²) in [7, 11) is 0. The first-order valence-corrected chi connectivity index (χ1v) is 8.99. The lowest BCUT2D eigenvalue weighted by Crippen LogP contribution is -2.04. The average molecular weight is 369 g/mol. The first kappa shape index (κ1) is 17.6. The minimum atomic E-state index is -1.01. The van der Waals surface area contributed by atoms with Crippen molar-refractivity contribution >= 4 is 28.1 Å². The Morgan fingerprint density at radius 1 is 0.821 bits per heavy atom. The van der Waals surface area contributed by atoms with Crippen LogP contribution in [-0.2, 0) is 6.61 Å². The minimum absolute atomic E-state index is 0.138. The second-order valence-electron chi connectivity index (χ2n) is 6.43. The number of rotatable bonds is 6. The van der Waals surface area contributed by atoms with Crippen LogP contribution in [0.1, 0.15) is 15.9 Å². The van der Waals surface area contributed by atoms with E-state index in [1.165, 1.54) is 0 Å². The second kappa shape index (κ2) is 7.84. The van der Waals surface area contributed by atoms with Crippen molar-refractivity contribution in [3.8, 4) is 5.75 Å². The Balaban J connectivity index is 1.61. The molecule has 0 aliphatic carbocycles. The monoisotopic (exact) mass is 369 g/mol. The van der Waals surface area contributed by atoms with E-state index in [2.05, 4.69) is 5.32 Å². The predicted molar refractivity (Wildman–Crippen MR) is 111 cm³/mol. The Morgan fingerprint density at radius 3 is 2.39 bits per heavy atom. The van der Waals surface area contributed by atoms with Gasteiger partial charge >= 0.3 is 5.97 Å². The molecular formula is C24H19NO3. The summed E-state index contributed by atoms with van der Waals surface area (Å²) in [5.74, 6) is -0.680. The number of ether oxygens (including phenoxy) is 1. The van der Waals surface area contributed by atoms with E-state index >= 15 is 0 Å². The van der Waals surface area contributed by atoms with Crippen molar-refractivity contribution < 1.29 is 14.6 Å². The van der Waals surface area contributed by atoms with Crippen LogP contribution in [0.5, 0.6) is 5.75 Å². The van der Waals surface area contributed by atoms with Crippen molar-refractivity contribution in [2.75, 3.05) is 5.32 Å². The van der Waals surface area contributed by atoms with Gasteiger partial charge in [0.05, 0.1) is 0 Å². The van der Waals surface area contributed by atoms with Crippen molar-refractivity contribution in [3.05, 3.63) is 102 Å². The van der Waals surface area contributed by atoms with Gasteiger partial charge in [0.15, 0.2) is 0 Å². The molecule has 4 nitrogen and oxygen atoms in total. The number of carbonyl (C=O) groups is 1. The molecule has 2 N–H and O–H groups in total. The van der Waals surface area contributed by atoms with Crippen LogP contribution in [0.2, 0.25) is 0 Å². The van der Waals surface area contributed by atoms with E-state index in [1.54, 1.807) is 18.2 Å². The van der Waals surface area contributed by atoms with Crippen LogP contribution in [0.4, 0.5) is 11.4 Å². The Kier molecular flexibility index (Phi) is 4.93. The molecule has 0 saturated carbocycles. The van der Waals surface area contributed by atoms with Gasteiger partial charge in [-0.05, 0) is 40.6 Å². The number of para-hydroxylation sites is 1. The lowest BCUT2D eigenvalue weighted by Gasteiger charge is -2.13. The number of carboxylic acids is 1. The van der Waals surface area contributed by atoms with E-state index in [9.17, 15) is 9.90 Å². The molecule has 138 valence electrons. The highest BCUT2D eigenvalue weighted by Crippen LogP contribution is 2.28. The lowest BCUT2D eigenvalue weighted by molar-refractivity contribution is 0.0692. The molecular weight excluding hydrogens is 350 g/mol. The van der Waals surface area contributed by atoms with Gasteiger partial charge in [-0.25, -0.2) is 4.79 Å². The third-order valence-corrected chi connectivity index (χ3v) is 4.54. The van der Waals surface area contributed by atoms with Gasteiger partial charge in [-0.2, -0.15) is 0 Å². The van der Waals surface area contributed by atoms with E-state index in [4.69, 9.17) is 4.74 Å². The maximum Gasteiger partial charge on any atom is 0.339 e. The number of hydrogen-bond acceptors (Lipinski definition) is 3. The topological polar surface area (TPSA) is 58.6 Å². The van der Waals surface area contributed by atoms with Crippen LogP contribution in [0, 0.1) is 0 Å². The summed E-state index contributed by atoms with van der Waals surface area (Å²) in [6, 6.07) is 28.8. The summed E-state index contributed by atoms with van der Waals surface area (Å²) in [5, 5.41) is 15.0. The summed E-state index contributed by atoms with van der Waals surface area (Å²) in [6.07, 6.45) is 0. The fourth-order valence-corrected chi connectivity index (χ4v) is 3.16. The van der Waals surface area contributed by atoms with Gasteiger partial charge in [-0.1, -0.05) is 60.7 Å². The molecule has 0 aliphatic rings. The largest absolute Gasteiger partial charge is 0.488 e. The van der Waals surface area contributed by atoms with E-state index in [-0.39, 0.29) is 12.2 Å². The summed E-state index contributed by atoms with van der Waals surface area (Å²) < 4.78 is 5.95. The molecule has 0 aromatic heterocycles. The van der Waals surface area contributed by atoms with Gasteiger partial charge in [-0.15, -0.1) is 0 Å². The van der Waals surface area contributed by atoms with E-state index in [0.717, 1.165) is 27.7 Å². The molecule has 4 rings (SSSR count). The molecule has 0 atom stereocenters. The minimum Gasteiger partial charge on any atom is -0.488 e. The van der Waals surface area contributed by atoms with Gasteiger partial charge in [0, 0.05) is 17.4 Å². The van der Waals surface area contributed by atoms with Crippen LogP contribution >= 0.6 is 0 Å². The number of benzene rings is 4. The first-order valence-electron chi connectivity index (χ1n) is 8.99. The average Bonchev–Trinajstić information content (AvgIpc) is 2.73. The number of anilines is 2. The van der Waals surface area contributed by atoms with Gasteiger partial charge in [-0.3, -0.25) is 0 Å². The number of hydrogen-bond donors (Lipinski definition) is 2. The summed E-state index contributed by atoms with van der Waals surface area (Å²) >= 11 is 0. The normalized spacial score (nSPS) is 10.6. The van der Waals surface area contributed by atoms with Crippen molar-refractivity contribution in [2.24, 2.45) is 0 Å². The molecule has 0 bridgehead atoms. The molecule has 0 heterocycles. The van der Waals surface area contributed by atoms with Crippen LogP contribution in [0.25, 0.3) is 10.8 Å². The fourth-order valence-electron chi connectivity index (χ4n) is 3.16. The van der Waals surface area contributed by atoms with Gasteiger partial charge < -0.3 is 15.2 Å². The highest BCUT2D eigenvalue weighted by atomic mass is 16.5. The predicted octanol–water partition coefficient (Wildman–Crippen LogP) is 5.86. The Labute approximate surface area is 163 Å². The van der Waals surface area contributed by atoms with Crippen molar-refractivity contribution in [1.82, 2.24) is 0 Å². The molecule has 0 radical (unpaired) electrons. The SMILES string of the molecule is O=C(O)c1ccc(Nc2ccccc2)cc1OCc1cccc2ccccc12. The molecule has 0 fully saturated rings. The zero-order valence-corrected chi connectivity index (χ0v) is 15.1. The Morgan fingerprint density at radius 2 is 1.57 bits per heavy atom. The standard InChI is InChI=1S/C24H19NO3/c26-24(27)22-14-13-20(25-19-10-2-1-3-11-19)15-23(22)28-16-18-9-6-8-17-7-4-5-12-21(17)18/h1-15,25H,16H2,(H,26,27). The van der Waals surface area contributed by atoms with Crippen LogP contribution in [0.3, 0.4) is 0 Å². The van der Waals surface area contributed by atoms with Crippen LogP contribution < -0.4 is 10.1 Å².